The lowest BCUT2D eigenvalue weighted by molar-refractivity contribution is -0.116. The lowest BCUT2D eigenvalue weighted by Gasteiger charge is -2.06. The van der Waals surface area contributed by atoms with Gasteiger partial charge < -0.3 is 20.4 Å². The maximum atomic E-state index is 11.9. The molecular formula is C18H18N4O3. The second-order valence-electron chi connectivity index (χ2n) is 5.40. The Balaban J connectivity index is 1.67. The fraction of sp³-hybridized carbons (Fsp3) is 0.167. The quantitative estimate of drug-likeness (QED) is 0.666. The van der Waals surface area contributed by atoms with Crippen molar-refractivity contribution < 1.29 is 14.3 Å². The Morgan fingerprint density at radius 3 is 2.72 bits per heavy atom. The van der Waals surface area contributed by atoms with Gasteiger partial charge >= 0.3 is 6.09 Å². The summed E-state index contributed by atoms with van der Waals surface area (Å²) in [7, 11) is 1.28. The van der Waals surface area contributed by atoms with Crippen molar-refractivity contribution in [2.24, 2.45) is 0 Å². The highest BCUT2D eigenvalue weighted by molar-refractivity contribution is 5.93. The smallest absolute Gasteiger partial charge is 0.406 e. The van der Waals surface area contributed by atoms with Crippen LogP contribution in [0, 0.1) is 0 Å². The molecule has 2 amide bonds. The van der Waals surface area contributed by atoms with Crippen LogP contribution in [0.3, 0.4) is 0 Å². The average Bonchev–Trinajstić information content (AvgIpc) is 3.05. The number of hydrogen-bond acceptors (Lipinski definition) is 4. The fourth-order valence-corrected chi connectivity index (χ4v) is 2.39. The van der Waals surface area contributed by atoms with Crippen LogP contribution in [0.15, 0.2) is 48.5 Å². The molecule has 0 aliphatic heterocycles. The summed E-state index contributed by atoms with van der Waals surface area (Å²) in [6, 6.07) is 15.3. The van der Waals surface area contributed by atoms with E-state index in [9.17, 15) is 9.59 Å². The zero-order valence-electron chi connectivity index (χ0n) is 13.7. The van der Waals surface area contributed by atoms with Crippen molar-refractivity contribution >= 4 is 28.7 Å². The Hall–Kier alpha value is -3.35. The lowest BCUT2D eigenvalue weighted by Crippen LogP contribution is -2.27. The van der Waals surface area contributed by atoms with Crippen LogP contribution in [0.25, 0.3) is 22.4 Å². The molecule has 3 aromatic rings. The van der Waals surface area contributed by atoms with Crippen LogP contribution in [-0.2, 0) is 9.53 Å². The van der Waals surface area contributed by atoms with Crippen LogP contribution < -0.4 is 10.6 Å². The number of aromatic amines is 1. The number of nitrogens with one attached hydrogen (secondary N) is 3. The summed E-state index contributed by atoms with van der Waals surface area (Å²) in [6.07, 6.45) is -0.397. The first kappa shape index (κ1) is 16.5. The van der Waals surface area contributed by atoms with Crippen LogP contribution in [0.5, 0.6) is 0 Å². The molecule has 25 heavy (non-hydrogen) atoms. The molecule has 0 fully saturated rings. The van der Waals surface area contributed by atoms with Gasteiger partial charge in [0, 0.05) is 24.2 Å². The Morgan fingerprint density at radius 1 is 1.16 bits per heavy atom. The minimum Gasteiger partial charge on any atom is -0.453 e. The molecule has 0 saturated heterocycles. The number of anilines is 1. The molecule has 7 nitrogen and oxygen atoms in total. The van der Waals surface area contributed by atoms with Gasteiger partial charge in [-0.1, -0.05) is 30.3 Å². The predicted molar refractivity (Wildman–Crippen MR) is 95.2 cm³/mol. The molecule has 128 valence electrons. The molecule has 0 aliphatic rings. The van der Waals surface area contributed by atoms with Crippen molar-refractivity contribution in [3.63, 3.8) is 0 Å². The number of nitrogens with zero attached hydrogens (tertiary/aromatic N) is 1. The van der Waals surface area contributed by atoms with Gasteiger partial charge in [0.25, 0.3) is 0 Å². The SMILES string of the molecule is COC(=O)NCCC(=O)Nc1ccc2nc(-c3ccccc3)[nH]c2c1. The van der Waals surface area contributed by atoms with Gasteiger partial charge in [0.2, 0.25) is 5.91 Å². The molecule has 3 rings (SSSR count). The number of amides is 2. The third-order valence-corrected chi connectivity index (χ3v) is 3.62. The number of benzene rings is 2. The molecule has 0 radical (unpaired) electrons. The maximum Gasteiger partial charge on any atom is 0.406 e. The van der Waals surface area contributed by atoms with E-state index in [1.807, 2.05) is 42.5 Å². The van der Waals surface area contributed by atoms with Crippen LogP contribution >= 0.6 is 0 Å². The Kier molecular flexibility index (Phi) is 4.94. The highest BCUT2D eigenvalue weighted by Crippen LogP contribution is 2.22. The normalized spacial score (nSPS) is 10.4. The number of alkyl carbamates (subject to hydrolysis) is 1. The number of ether oxygens (including phenoxy) is 1. The highest BCUT2D eigenvalue weighted by atomic mass is 16.5. The Morgan fingerprint density at radius 2 is 1.96 bits per heavy atom. The zero-order valence-corrected chi connectivity index (χ0v) is 13.7. The van der Waals surface area contributed by atoms with Crippen molar-refractivity contribution in [1.82, 2.24) is 15.3 Å². The van der Waals surface area contributed by atoms with E-state index in [4.69, 9.17) is 0 Å². The van der Waals surface area contributed by atoms with Gasteiger partial charge in [0.05, 0.1) is 18.1 Å². The first-order chi connectivity index (χ1) is 12.2. The first-order valence-corrected chi connectivity index (χ1v) is 7.82. The molecule has 0 atom stereocenters. The summed E-state index contributed by atoms with van der Waals surface area (Å²) >= 11 is 0. The van der Waals surface area contributed by atoms with E-state index in [2.05, 4.69) is 25.3 Å². The average molecular weight is 338 g/mol. The second-order valence-corrected chi connectivity index (χ2v) is 5.40. The molecule has 0 aliphatic carbocycles. The molecule has 3 N–H and O–H groups in total. The number of H-pyrrole nitrogens is 1. The van der Waals surface area contributed by atoms with Crippen molar-refractivity contribution in [3.05, 3.63) is 48.5 Å². The van der Waals surface area contributed by atoms with Crippen LogP contribution in [0.2, 0.25) is 0 Å². The van der Waals surface area contributed by atoms with Gasteiger partial charge in [-0.05, 0) is 18.2 Å². The van der Waals surface area contributed by atoms with E-state index < -0.39 is 6.09 Å². The fourth-order valence-electron chi connectivity index (χ4n) is 2.39. The van der Waals surface area contributed by atoms with E-state index in [0.29, 0.717) is 5.69 Å². The van der Waals surface area contributed by atoms with Crippen LogP contribution in [0.1, 0.15) is 6.42 Å². The number of carbonyl (C=O) groups is 2. The summed E-state index contributed by atoms with van der Waals surface area (Å²) in [5.41, 5.74) is 3.32. The van der Waals surface area contributed by atoms with Gasteiger partial charge in [-0.2, -0.15) is 0 Å². The van der Waals surface area contributed by atoms with Crippen LogP contribution in [0.4, 0.5) is 10.5 Å². The third-order valence-electron chi connectivity index (χ3n) is 3.62. The van der Waals surface area contributed by atoms with E-state index in [1.54, 1.807) is 6.07 Å². The molecule has 0 spiro atoms. The van der Waals surface area contributed by atoms with Gasteiger partial charge in [-0.25, -0.2) is 9.78 Å². The monoisotopic (exact) mass is 338 g/mol. The summed E-state index contributed by atoms with van der Waals surface area (Å²) in [5.74, 6) is 0.583. The van der Waals surface area contributed by atoms with E-state index in [1.165, 1.54) is 7.11 Å². The van der Waals surface area contributed by atoms with Gasteiger partial charge in [-0.15, -0.1) is 0 Å². The molecular weight excluding hydrogens is 320 g/mol. The topological polar surface area (TPSA) is 96.1 Å². The van der Waals surface area contributed by atoms with Gasteiger partial charge in [-0.3, -0.25) is 4.79 Å². The zero-order chi connectivity index (χ0) is 17.6. The standard InChI is InChI=1S/C18H18N4O3/c1-25-18(24)19-10-9-16(23)20-13-7-8-14-15(11-13)22-17(21-14)12-5-3-2-4-6-12/h2-8,11H,9-10H2,1H3,(H,19,24)(H,20,23)(H,21,22). The maximum absolute atomic E-state index is 11.9. The number of imidazole rings is 1. The molecule has 1 heterocycles. The molecule has 7 heteroatoms. The summed E-state index contributed by atoms with van der Waals surface area (Å²) in [6.45, 7) is 0.211. The molecule has 0 saturated carbocycles. The molecule has 0 bridgehead atoms. The van der Waals surface area contributed by atoms with Crippen molar-refractivity contribution in [2.75, 3.05) is 19.0 Å². The summed E-state index contributed by atoms with van der Waals surface area (Å²) < 4.78 is 4.44. The van der Waals surface area contributed by atoms with Crippen molar-refractivity contribution in [2.45, 2.75) is 6.42 Å². The number of methoxy groups -OCH3 is 1. The predicted octanol–water partition coefficient (Wildman–Crippen LogP) is 2.91. The molecule has 2 aromatic carbocycles. The minimum absolute atomic E-state index is 0.158. The summed E-state index contributed by atoms with van der Waals surface area (Å²) in [5, 5.41) is 5.26. The van der Waals surface area contributed by atoms with E-state index in [-0.39, 0.29) is 18.9 Å². The first-order valence-electron chi connectivity index (χ1n) is 7.82. The number of carbonyl (C=O) groups excluding carboxylic acids is 2. The molecule has 1 aromatic heterocycles. The summed E-state index contributed by atoms with van der Waals surface area (Å²) in [4.78, 5) is 30.7. The van der Waals surface area contributed by atoms with E-state index >= 15 is 0 Å². The lowest BCUT2D eigenvalue weighted by atomic mass is 10.2. The third kappa shape index (κ3) is 4.14. The molecule has 0 unspecified atom stereocenters. The van der Waals surface area contributed by atoms with Crippen molar-refractivity contribution in [3.8, 4) is 11.4 Å². The largest absolute Gasteiger partial charge is 0.453 e. The van der Waals surface area contributed by atoms with E-state index in [0.717, 1.165) is 22.4 Å². The number of hydrogen-bond donors (Lipinski definition) is 3. The van der Waals surface area contributed by atoms with Crippen molar-refractivity contribution in [1.29, 1.82) is 0 Å². The van der Waals surface area contributed by atoms with Gasteiger partial charge in [0.15, 0.2) is 0 Å². The minimum atomic E-state index is -0.555. The number of fused-ring (bicyclic) bond motifs is 1. The Bertz CT molecular complexity index is 890. The second kappa shape index (κ2) is 7.48. The Labute approximate surface area is 144 Å². The highest BCUT2D eigenvalue weighted by Gasteiger charge is 2.08. The van der Waals surface area contributed by atoms with Crippen LogP contribution in [-0.4, -0.2) is 35.6 Å². The number of aromatic nitrogens is 2. The van der Waals surface area contributed by atoms with Gasteiger partial charge in [0.1, 0.15) is 5.82 Å². The number of rotatable bonds is 5.